The number of amides is 3. The van der Waals surface area contributed by atoms with Gasteiger partial charge in [-0.1, -0.05) is 60.7 Å². The Morgan fingerprint density at radius 2 is 1.47 bits per heavy atom. The number of nitrogens with one attached hydrogen (secondary N) is 4. The van der Waals surface area contributed by atoms with Crippen LogP contribution in [-0.2, 0) is 43.3 Å². The van der Waals surface area contributed by atoms with Gasteiger partial charge in [-0.2, -0.15) is 0 Å². The molecule has 0 aliphatic rings. The Bertz CT molecular complexity index is 1190. The van der Waals surface area contributed by atoms with E-state index in [0.717, 1.165) is 11.1 Å². The molecule has 3 amide bonds. The fourth-order valence-electron chi connectivity index (χ4n) is 3.59. The van der Waals surface area contributed by atoms with Crippen LogP contribution in [0.5, 0.6) is 0 Å². The molecular formula is C27H31N5O6. The van der Waals surface area contributed by atoms with Crippen molar-refractivity contribution in [3.63, 3.8) is 0 Å². The minimum atomic E-state index is -1.04. The molecule has 3 atom stereocenters. The van der Waals surface area contributed by atoms with Crippen molar-refractivity contribution in [3.05, 3.63) is 90.0 Å². The van der Waals surface area contributed by atoms with Crippen LogP contribution in [0.2, 0.25) is 0 Å². The number of aromatic amines is 1. The average molecular weight is 522 g/mol. The van der Waals surface area contributed by atoms with Crippen molar-refractivity contribution in [1.29, 1.82) is 0 Å². The summed E-state index contributed by atoms with van der Waals surface area (Å²) in [5, 5.41) is 7.80. The number of aromatic nitrogens is 2. The van der Waals surface area contributed by atoms with Gasteiger partial charge in [-0.25, -0.2) is 14.6 Å². The summed E-state index contributed by atoms with van der Waals surface area (Å²) in [6, 6.07) is 15.2. The zero-order valence-electron chi connectivity index (χ0n) is 21.2. The lowest BCUT2D eigenvalue weighted by atomic mass is 10.0. The third kappa shape index (κ3) is 8.77. The van der Waals surface area contributed by atoms with Crippen molar-refractivity contribution < 1.29 is 28.7 Å². The molecule has 11 nitrogen and oxygen atoms in total. The highest BCUT2D eigenvalue weighted by atomic mass is 16.5. The number of imidazole rings is 1. The number of H-pyrrole nitrogens is 1. The Balaban J connectivity index is 1.65. The summed E-state index contributed by atoms with van der Waals surface area (Å²) < 4.78 is 10.0. The van der Waals surface area contributed by atoms with E-state index in [1.54, 1.807) is 0 Å². The van der Waals surface area contributed by atoms with E-state index in [4.69, 9.17) is 9.47 Å². The zero-order chi connectivity index (χ0) is 27.3. The maximum Gasteiger partial charge on any atom is 0.408 e. The van der Waals surface area contributed by atoms with Gasteiger partial charge in [-0.3, -0.25) is 9.59 Å². The first-order chi connectivity index (χ1) is 18.4. The number of carbonyl (C=O) groups is 4. The molecule has 3 aromatic rings. The summed E-state index contributed by atoms with van der Waals surface area (Å²) in [6.07, 6.45) is 2.50. The Morgan fingerprint density at radius 3 is 2.08 bits per heavy atom. The van der Waals surface area contributed by atoms with Gasteiger partial charge in [-0.15, -0.1) is 0 Å². The summed E-state index contributed by atoms with van der Waals surface area (Å²) >= 11 is 0. The molecular weight excluding hydrogens is 490 g/mol. The second-order valence-electron chi connectivity index (χ2n) is 8.54. The van der Waals surface area contributed by atoms with Gasteiger partial charge in [0, 0.05) is 24.7 Å². The van der Waals surface area contributed by atoms with Gasteiger partial charge in [-0.05, 0) is 18.1 Å². The fourth-order valence-corrected chi connectivity index (χ4v) is 3.59. The molecule has 0 saturated heterocycles. The number of hydrogen-bond acceptors (Lipinski definition) is 7. The molecule has 200 valence electrons. The first kappa shape index (κ1) is 27.9. The topological polar surface area (TPSA) is 152 Å². The maximum atomic E-state index is 13.3. The first-order valence-electron chi connectivity index (χ1n) is 12.0. The highest BCUT2D eigenvalue weighted by Crippen LogP contribution is 2.07. The van der Waals surface area contributed by atoms with Gasteiger partial charge < -0.3 is 30.4 Å². The normalized spacial score (nSPS) is 12.9. The lowest BCUT2D eigenvalue weighted by molar-refractivity contribution is -0.145. The number of hydrogen-bond donors (Lipinski definition) is 4. The van der Waals surface area contributed by atoms with Crippen molar-refractivity contribution in [3.8, 4) is 0 Å². The van der Waals surface area contributed by atoms with Crippen LogP contribution in [-0.4, -0.2) is 59.1 Å². The highest BCUT2D eigenvalue weighted by molar-refractivity contribution is 5.93. The standard InChI is InChI=1S/C27H31N5O6/c1-18(30-27(36)38-16-20-11-7-4-8-12-20)24(33)31-22(13-19-9-5-3-6-10-19)25(34)32-23(26(35)37-2)14-21-15-28-17-29-21/h3-12,15,17-18,22-23H,13-14,16H2,1-2H3,(H,28,29)(H,30,36)(H,31,33)(H,32,34)/t18-,22-,23-/m0/s1. The Hall–Kier alpha value is -4.67. The molecule has 1 heterocycles. The van der Waals surface area contributed by atoms with Crippen LogP contribution in [0.4, 0.5) is 4.79 Å². The molecule has 2 aromatic carbocycles. The molecule has 38 heavy (non-hydrogen) atoms. The molecule has 1 aromatic heterocycles. The predicted molar refractivity (Wildman–Crippen MR) is 138 cm³/mol. The van der Waals surface area contributed by atoms with Gasteiger partial charge >= 0.3 is 12.1 Å². The van der Waals surface area contributed by atoms with E-state index in [1.165, 1.54) is 26.6 Å². The minimum absolute atomic E-state index is 0.0469. The smallest absolute Gasteiger partial charge is 0.408 e. The van der Waals surface area contributed by atoms with Crippen LogP contribution in [0.25, 0.3) is 0 Å². The average Bonchev–Trinajstić information content (AvgIpc) is 3.45. The van der Waals surface area contributed by atoms with Crippen LogP contribution in [0.3, 0.4) is 0 Å². The molecule has 0 radical (unpaired) electrons. The summed E-state index contributed by atoms with van der Waals surface area (Å²) in [7, 11) is 1.22. The van der Waals surface area contributed by atoms with Crippen molar-refractivity contribution in [2.45, 2.75) is 44.5 Å². The third-order valence-corrected chi connectivity index (χ3v) is 5.64. The number of ether oxygens (including phenoxy) is 2. The van der Waals surface area contributed by atoms with E-state index in [2.05, 4.69) is 25.9 Å². The predicted octanol–water partition coefficient (Wildman–Crippen LogP) is 1.65. The van der Waals surface area contributed by atoms with Crippen LogP contribution in [0.15, 0.2) is 73.2 Å². The van der Waals surface area contributed by atoms with Crippen molar-refractivity contribution in [2.75, 3.05) is 7.11 Å². The lowest BCUT2D eigenvalue weighted by Crippen LogP contribution is -2.56. The summed E-state index contributed by atoms with van der Waals surface area (Å²) in [5.41, 5.74) is 2.21. The van der Waals surface area contributed by atoms with E-state index in [9.17, 15) is 19.2 Å². The third-order valence-electron chi connectivity index (χ3n) is 5.64. The molecule has 0 spiro atoms. The van der Waals surface area contributed by atoms with E-state index in [0.29, 0.717) is 5.69 Å². The number of benzene rings is 2. The number of alkyl carbamates (subject to hydrolysis) is 1. The van der Waals surface area contributed by atoms with Gasteiger partial charge in [0.15, 0.2) is 0 Å². The number of rotatable bonds is 12. The first-order valence-corrected chi connectivity index (χ1v) is 12.0. The van der Waals surface area contributed by atoms with Gasteiger partial charge in [0.05, 0.1) is 13.4 Å². The largest absolute Gasteiger partial charge is 0.467 e. The number of nitrogens with zero attached hydrogens (tertiary/aromatic N) is 1. The SMILES string of the molecule is COC(=O)[C@H](Cc1cnc[nH]1)NC(=O)[C@H](Cc1ccccc1)NC(=O)[C@H](C)NC(=O)OCc1ccccc1. The van der Waals surface area contributed by atoms with Gasteiger partial charge in [0.2, 0.25) is 11.8 Å². The van der Waals surface area contributed by atoms with E-state index in [-0.39, 0.29) is 19.4 Å². The summed E-state index contributed by atoms with van der Waals surface area (Å²) in [5.74, 6) is -1.83. The Kier molecular flexibility index (Phi) is 10.4. The lowest BCUT2D eigenvalue weighted by Gasteiger charge is -2.24. The molecule has 0 fully saturated rings. The molecule has 11 heteroatoms. The molecule has 3 rings (SSSR count). The van der Waals surface area contributed by atoms with Crippen LogP contribution in [0, 0.1) is 0 Å². The summed E-state index contributed by atoms with van der Waals surface area (Å²) in [6.45, 7) is 1.53. The molecule has 0 unspecified atom stereocenters. The number of carbonyl (C=O) groups excluding carboxylic acids is 4. The molecule has 4 N–H and O–H groups in total. The second-order valence-corrected chi connectivity index (χ2v) is 8.54. The van der Waals surface area contributed by atoms with Crippen LogP contribution < -0.4 is 16.0 Å². The van der Waals surface area contributed by atoms with E-state index in [1.807, 2.05) is 60.7 Å². The Morgan fingerprint density at radius 1 is 0.842 bits per heavy atom. The van der Waals surface area contributed by atoms with Gasteiger partial charge in [0.25, 0.3) is 0 Å². The van der Waals surface area contributed by atoms with Crippen molar-refractivity contribution >= 4 is 23.9 Å². The number of methoxy groups -OCH3 is 1. The minimum Gasteiger partial charge on any atom is -0.467 e. The zero-order valence-corrected chi connectivity index (χ0v) is 21.2. The van der Waals surface area contributed by atoms with Gasteiger partial charge in [0.1, 0.15) is 24.7 Å². The van der Waals surface area contributed by atoms with E-state index >= 15 is 0 Å². The van der Waals surface area contributed by atoms with E-state index < -0.39 is 42.0 Å². The van der Waals surface area contributed by atoms with Crippen LogP contribution >= 0.6 is 0 Å². The molecule has 0 bridgehead atoms. The fraction of sp³-hybridized carbons (Fsp3) is 0.296. The number of esters is 1. The Labute approximate surface area is 220 Å². The van der Waals surface area contributed by atoms with Crippen molar-refractivity contribution in [1.82, 2.24) is 25.9 Å². The van der Waals surface area contributed by atoms with Crippen molar-refractivity contribution in [2.24, 2.45) is 0 Å². The monoisotopic (exact) mass is 521 g/mol. The molecule has 0 aliphatic carbocycles. The van der Waals surface area contributed by atoms with Crippen LogP contribution in [0.1, 0.15) is 23.7 Å². The maximum absolute atomic E-state index is 13.3. The quantitative estimate of drug-likeness (QED) is 0.265. The molecule has 0 aliphatic heterocycles. The second kappa shape index (κ2) is 14.2. The highest BCUT2D eigenvalue weighted by Gasteiger charge is 2.29. The summed E-state index contributed by atoms with van der Waals surface area (Å²) in [4.78, 5) is 57.5. The molecule has 0 saturated carbocycles.